The van der Waals surface area contributed by atoms with Gasteiger partial charge in [0.05, 0.1) is 0 Å². The molecule has 2 atom stereocenters. The molecule has 0 bridgehead atoms. The van der Waals surface area contributed by atoms with Crippen LogP contribution in [0.3, 0.4) is 0 Å². The Kier molecular flexibility index (Phi) is 4.05. The highest BCUT2D eigenvalue weighted by molar-refractivity contribution is 5.85. The zero-order valence-corrected chi connectivity index (χ0v) is 11.3. The van der Waals surface area contributed by atoms with E-state index in [-0.39, 0.29) is 12.4 Å². The average Bonchev–Trinajstić information content (AvgIpc) is 2.78. The normalized spacial score (nSPS) is 21.2. The maximum atomic E-state index is 3.42. The van der Waals surface area contributed by atoms with Crippen LogP contribution in [0.25, 0.3) is 0 Å². The third-order valence-electron chi connectivity index (χ3n) is 3.77. The SMILES string of the molecule is CNC1CC(c2ccccc2)c2ccccc21.Cl. The Morgan fingerprint density at radius 2 is 1.50 bits per heavy atom. The van der Waals surface area contributed by atoms with Crippen molar-refractivity contribution in [3.05, 3.63) is 71.3 Å². The second-order valence-corrected chi connectivity index (χ2v) is 4.67. The van der Waals surface area contributed by atoms with Crippen molar-refractivity contribution in [2.24, 2.45) is 0 Å². The molecule has 3 rings (SSSR count). The second kappa shape index (κ2) is 5.55. The van der Waals surface area contributed by atoms with Gasteiger partial charge >= 0.3 is 0 Å². The van der Waals surface area contributed by atoms with Crippen LogP contribution in [0, 0.1) is 0 Å². The van der Waals surface area contributed by atoms with Crippen molar-refractivity contribution in [1.29, 1.82) is 0 Å². The van der Waals surface area contributed by atoms with Crippen LogP contribution in [0.4, 0.5) is 0 Å². The van der Waals surface area contributed by atoms with Gasteiger partial charge < -0.3 is 5.32 Å². The molecule has 2 aromatic rings. The van der Waals surface area contributed by atoms with E-state index >= 15 is 0 Å². The zero-order chi connectivity index (χ0) is 11.7. The molecule has 2 heteroatoms. The summed E-state index contributed by atoms with van der Waals surface area (Å²) in [6.45, 7) is 0. The molecule has 1 N–H and O–H groups in total. The lowest BCUT2D eigenvalue weighted by Gasteiger charge is -2.12. The van der Waals surface area contributed by atoms with E-state index in [0.29, 0.717) is 12.0 Å². The van der Waals surface area contributed by atoms with Crippen LogP contribution in [-0.4, -0.2) is 7.05 Å². The summed E-state index contributed by atoms with van der Waals surface area (Å²) < 4.78 is 0. The van der Waals surface area contributed by atoms with Gasteiger partial charge in [-0.1, -0.05) is 54.6 Å². The molecule has 0 spiro atoms. The molecule has 0 aromatic heterocycles. The van der Waals surface area contributed by atoms with E-state index in [9.17, 15) is 0 Å². The van der Waals surface area contributed by atoms with Crippen molar-refractivity contribution in [2.45, 2.75) is 18.4 Å². The third-order valence-corrected chi connectivity index (χ3v) is 3.77. The topological polar surface area (TPSA) is 12.0 Å². The molecule has 1 nitrogen and oxygen atoms in total. The zero-order valence-electron chi connectivity index (χ0n) is 10.5. The minimum Gasteiger partial charge on any atom is -0.313 e. The van der Waals surface area contributed by atoms with Crippen LogP contribution in [0.5, 0.6) is 0 Å². The molecular weight excluding hydrogens is 242 g/mol. The van der Waals surface area contributed by atoms with Gasteiger partial charge in [0.15, 0.2) is 0 Å². The number of fused-ring (bicyclic) bond motifs is 1. The molecule has 94 valence electrons. The molecule has 0 amide bonds. The summed E-state index contributed by atoms with van der Waals surface area (Å²) in [6.07, 6.45) is 1.17. The van der Waals surface area contributed by atoms with Crippen LogP contribution < -0.4 is 5.32 Å². The van der Waals surface area contributed by atoms with Gasteiger partial charge in [-0.15, -0.1) is 12.4 Å². The number of nitrogens with one attached hydrogen (secondary N) is 1. The van der Waals surface area contributed by atoms with Crippen molar-refractivity contribution < 1.29 is 0 Å². The summed E-state index contributed by atoms with van der Waals surface area (Å²) in [4.78, 5) is 0. The number of benzene rings is 2. The molecule has 0 saturated heterocycles. The third kappa shape index (κ3) is 2.16. The first-order chi connectivity index (χ1) is 8.40. The van der Waals surface area contributed by atoms with E-state index in [1.165, 1.54) is 23.1 Å². The first kappa shape index (κ1) is 13.1. The molecule has 0 radical (unpaired) electrons. The molecule has 1 aliphatic carbocycles. The fourth-order valence-corrected chi connectivity index (χ4v) is 2.91. The Labute approximate surface area is 115 Å². The lowest BCUT2D eigenvalue weighted by atomic mass is 9.93. The van der Waals surface area contributed by atoms with Crippen molar-refractivity contribution in [3.63, 3.8) is 0 Å². The van der Waals surface area contributed by atoms with E-state index in [0.717, 1.165) is 0 Å². The van der Waals surface area contributed by atoms with Crippen LogP contribution in [0.2, 0.25) is 0 Å². The van der Waals surface area contributed by atoms with E-state index in [4.69, 9.17) is 0 Å². The Hall–Kier alpha value is -1.31. The Morgan fingerprint density at radius 1 is 0.889 bits per heavy atom. The molecule has 2 aromatic carbocycles. The lowest BCUT2D eigenvalue weighted by molar-refractivity contribution is 0.564. The molecule has 1 aliphatic rings. The Bertz CT molecular complexity index is 510. The van der Waals surface area contributed by atoms with E-state index < -0.39 is 0 Å². The van der Waals surface area contributed by atoms with Crippen LogP contribution in [0.1, 0.15) is 35.1 Å². The molecule has 2 unspecified atom stereocenters. The van der Waals surface area contributed by atoms with Gasteiger partial charge in [0.25, 0.3) is 0 Å². The first-order valence-corrected chi connectivity index (χ1v) is 6.21. The highest BCUT2D eigenvalue weighted by Crippen LogP contribution is 2.43. The summed E-state index contributed by atoms with van der Waals surface area (Å²) in [5, 5.41) is 3.42. The van der Waals surface area contributed by atoms with Crippen molar-refractivity contribution in [1.82, 2.24) is 5.32 Å². The summed E-state index contributed by atoms with van der Waals surface area (Å²) in [7, 11) is 2.05. The van der Waals surface area contributed by atoms with Crippen LogP contribution in [-0.2, 0) is 0 Å². The minimum absolute atomic E-state index is 0. The monoisotopic (exact) mass is 259 g/mol. The highest BCUT2D eigenvalue weighted by atomic mass is 35.5. The summed E-state index contributed by atoms with van der Waals surface area (Å²) in [5.41, 5.74) is 4.37. The number of rotatable bonds is 2. The molecule has 0 fully saturated rings. The van der Waals surface area contributed by atoms with Gasteiger partial charge in [-0.3, -0.25) is 0 Å². The molecule has 0 saturated carbocycles. The van der Waals surface area contributed by atoms with Gasteiger partial charge in [0.2, 0.25) is 0 Å². The molecule has 18 heavy (non-hydrogen) atoms. The predicted molar refractivity (Wildman–Crippen MR) is 78.4 cm³/mol. The Balaban J connectivity index is 0.00000120. The van der Waals surface area contributed by atoms with Gasteiger partial charge in [-0.25, -0.2) is 0 Å². The van der Waals surface area contributed by atoms with E-state index in [1.807, 2.05) is 0 Å². The van der Waals surface area contributed by atoms with Crippen molar-refractivity contribution in [3.8, 4) is 0 Å². The van der Waals surface area contributed by atoms with Gasteiger partial charge in [0.1, 0.15) is 0 Å². The number of hydrogen-bond donors (Lipinski definition) is 1. The molecule has 0 aliphatic heterocycles. The lowest BCUT2D eigenvalue weighted by Crippen LogP contribution is -2.13. The summed E-state index contributed by atoms with van der Waals surface area (Å²) in [5.74, 6) is 0.546. The fourth-order valence-electron chi connectivity index (χ4n) is 2.91. The number of hydrogen-bond acceptors (Lipinski definition) is 1. The molecular formula is C16H18ClN. The van der Waals surface area contributed by atoms with Crippen LogP contribution in [0.15, 0.2) is 54.6 Å². The van der Waals surface area contributed by atoms with E-state index in [2.05, 4.69) is 67.0 Å². The summed E-state index contributed by atoms with van der Waals surface area (Å²) in [6, 6.07) is 20.1. The smallest absolute Gasteiger partial charge is 0.0329 e. The Morgan fingerprint density at radius 3 is 2.17 bits per heavy atom. The minimum atomic E-state index is 0. The van der Waals surface area contributed by atoms with Crippen LogP contribution >= 0.6 is 12.4 Å². The van der Waals surface area contributed by atoms with Crippen molar-refractivity contribution in [2.75, 3.05) is 7.05 Å². The maximum Gasteiger partial charge on any atom is 0.0329 e. The predicted octanol–water partition coefficient (Wildman–Crippen LogP) is 3.90. The average molecular weight is 260 g/mol. The quantitative estimate of drug-likeness (QED) is 0.862. The van der Waals surface area contributed by atoms with E-state index in [1.54, 1.807) is 0 Å². The maximum absolute atomic E-state index is 3.42. The summed E-state index contributed by atoms with van der Waals surface area (Å²) >= 11 is 0. The highest BCUT2D eigenvalue weighted by Gasteiger charge is 2.30. The first-order valence-electron chi connectivity index (χ1n) is 6.21. The van der Waals surface area contributed by atoms with Gasteiger partial charge in [0, 0.05) is 12.0 Å². The molecule has 0 heterocycles. The van der Waals surface area contributed by atoms with Crippen molar-refractivity contribution >= 4 is 12.4 Å². The van der Waals surface area contributed by atoms with Gasteiger partial charge in [-0.05, 0) is 30.2 Å². The van der Waals surface area contributed by atoms with Gasteiger partial charge in [-0.2, -0.15) is 0 Å². The fraction of sp³-hybridized carbons (Fsp3) is 0.250. The largest absolute Gasteiger partial charge is 0.313 e. The number of halogens is 1. The standard InChI is InChI=1S/C16H17N.ClH/c1-17-16-11-15(12-7-3-2-4-8-12)13-9-5-6-10-14(13)16;/h2-10,15-17H,11H2,1H3;1H. The second-order valence-electron chi connectivity index (χ2n) is 4.67.